The van der Waals surface area contributed by atoms with Crippen LogP contribution >= 0.6 is 0 Å². The van der Waals surface area contributed by atoms with Crippen LogP contribution < -0.4 is 0 Å². The van der Waals surface area contributed by atoms with Crippen molar-refractivity contribution in [3.8, 4) is 11.5 Å². The molecule has 0 radical (unpaired) electrons. The molecule has 0 atom stereocenters. The Labute approximate surface area is 139 Å². The maximum atomic E-state index is 12.5. The van der Waals surface area contributed by atoms with Crippen LogP contribution in [0.5, 0.6) is 0 Å². The van der Waals surface area contributed by atoms with Crippen molar-refractivity contribution >= 4 is 19.9 Å². The Morgan fingerprint density at radius 2 is 1.83 bits per heavy atom. The molecule has 1 aromatic carbocycles. The molecule has 1 aromatic rings. The largest absolute Gasteiger partial charge is 0.319 e. The number of nitrogens with zero attached hydrogens (tertiary/aromatic N) is 2. The number of benzene rings is 1. The number of amides is 2. The number of imide groups is 1. The highest BCUT2D eigenvalue weighted by Gasteiger charge is 2.46. The maximum Gasteiger partial charge on any atom is 0.319 e. The highest BCUT2D eigenvalue weighted by atomic mass is 28.3. The Morgan fingerprint density at radius 1 is 1.22 bits per heavy atom. The minimum atomic E-state index is -1.66. The average molecular weight is 328 g/mol. The molecular formula is C18H24N2O2Si. The molecule has 1 fully saturated rings. The lowest BCUT2D eigenvalue weighted by atomic mass is 10.0. The molecule has 1 heterocycles. The molecule has 0 unspecified atom stereocenters. The Hall–Kier alpha value is -1.90. The van der Waals surface area contributed by atoms with Crippen LogP contribution in [-0.2, 0) is 16.1 Å². The summed E-state index contributed by atoms with van der Waals surface area (Å²) in [6, 6.07) is 9.85. The second-order valence-electron chi connectivity index (χ2n) is 7.54. The van der Waals surface area contributed by atoms with Crippen molar-refractivity contribution in [2.24, 2.45) is 0 Å². The van der Waals surface area contributed by atoms with E-state index in [0.717, 1.165) is 5.56 Å². The molecule has 2 amide bonds. The highest BCUT2D eigenvalue weighted by Crippen LogP contribution is 2.31. The Balaban J connectivity index is 2.29. The van der Waals surface area contributed by atoms with E-state index in [2.05, 4.69) is 31.1 Å². The first-order valence-electron chi connectivity index (χ1n) is 7.82. The fourth-order valence-corrected chi connectivity index (χ4v) is 2.98. The monoisotopic (exact) mass is 328 g/mol. The van der Waals surface area contributed by atoms with Gasteiger partial charge in [-0.3, -0.25) is 9.59 Å². The van der Waals surface area contributed by atoms with E-state index in [1.165, 1.54) is 5.01 Å². The summed E-state index contributed by atoms with van der Waals surface area (Å²) < 4.78 is 0. The van der Waals surface area contributed by atoms with Crippen molar-refractivity contribution in [1.29, 1.82) is 0 Å². The lowest BCUT2D eigenvalue weighted by Crippen LogP contribution is -2.49. The van der Waals surface area contributed by atoms with Gasteiger partial charge in [-0.05, 0) is 25.3 Å². The third-order valence-corrected chi connectivity index (χ3v) is 4.55. The van der Waals surface area contributed by atoms with E-state index in [4.69, 9.17) is 0 Å². The summed E-state index contributed by atoms with van der Waals surface area (Å²) in [6.07, 6.45) is 0.320. The molecule has 122 valence electrons. The molecule has 4 nitrogen and oxygen atoms in total. The van der Waals surface area contributed by atoms with Crippen LogP contribution in [0, 0.1) is 11.5 Å². The number of carbonyl (C=O) groups is 2. The molecule has 2 rings (SSSR count). The lowest BCUT2D eigenvalue weighted by molar-refractivity contribution is -0.156. The van der Waals surface area contributed by atoms with Crippen molar-refractivity contribution in [3.63, 3.8) is 0 Å². The number of hydrazine groups is 1. The summed E-state index contributed by atoms with van der Waals surface area (Å²) in [6.45, 7) is 10.7. The van der Waals surface area contributed by atoms with Gasteiger partial charge in [0.2, 0.25) is 5.91 Å². The zero-order chi connectivity index (χ0) is 17.3. The lowest BCUT2D eigenvalue weighted by Gasteiger charge is -2.34. The second kappa shape index (κ2) is 6.30. The first-order valence-corrected chi connectivity index (χ1v) is 11.3. The predicted octanol–water partition coefficient (Wildman–Crippen LogP) is 2.82. The maximum absolute atomic E-state index is 12.5. The molecule has 1 saturated heterocycles. The first kappa shape index (κ1) is 17.5. The van der Waals surface area contributed by atoms with E-state index in [9.17, 15) is 9.59 Å². The van der Waals surface area contributed by atoms with Gasteiger partial charge < -0.3 is 0 Å². The highest BCUT2D eigenvalue weighted by molar-refractivity contribution is 6.84. The summed E-state index contributed by atoms with van der Waals surface area (Å²) in [4.78, 5) is 24.9. The number of hydrogen-bond donors (Lipinski definition) is 0. The molecular weight excluding hydrogens is 304 g/mol. The normalized spacial score (nSPS) is 17.8. The zero-order valence-electron chi connectivity index (χ0n) is 14.5. The molecule has 23 heavy (non-hydrogen) atoms. The van der Waals surface area contributed by atoms with Crippen molar-refractivity contribution in [2.45, 2.75) is 52.0 Å². The van der Waals surface area contributed by atoms with Crippen molar-refractivity contribution in [2.75, 3.05) is 0 Å². The van der Waals surface area contributed by atoms with Crippen LogP contribution in [-0.4, -0.2) is 35.4 Å². The van der Waals surface area contributed by atoms with Crippen molar-refractivity contribution in [3.05, 3.63) is 35.9 Å². The third kappa shape index (κ3) is 4.31. The van der Waals surface area contributed by atoms with E-state index < -0.39 is 19.5 Å². The summed E-state index contributed by atoms with van der Waals surface area (Å²) in [5, 5.41) is 3.08. The molecule has 1 aliphatic rings. The van der Waals surface area contributed by atoms with Gasteiger partial charge in [0.25, 0.3) is 0 Å². The summed E-state index contributed by atoms with van der Waals surface area (Å²) in [7, 11) is -1.66. The van der Waals surface area contributed by atoms with Gasteiger partial charge in [0.1, 0.15) is 8.07 Å². The van der Waals surface area contributed by atoms with E-state index in [-0.39, 0.29) is 5.91 Å². The predicted molar refractivity (Wildman–Crippen MR) is 93.7 cm³/mol. The van der Waals surface area contributed by atoms with Gasteiger partial charge in [-0.2, -0.15) is 5.01 Å². The molecule has 0 spiro atoms. The topological polar surface area (TPSA) is 40.6 Å². The SMILES string of the molecule is CC1(C)CC(=O)N(C(=O)C#C[Si](C)(C)C)N1Cc1ccccc1. The zero-order valence-corrected chi connectivity index (χ0v) is 15.5. The van der Waals surface area contributed by atoms with Crippen molar-refractivity contribution < 1.29 is 9.59 Å². The van der Waals surface area contributed by atoms with Gasteiger partial charge in [0.15, 0.2) is 0 Å². The molecule has 1 aliphatic heterocycles. The summed E-state index contributed by atoms with van der Waals surface area (Å²) in [5.74, 6) is 2.09. The fourth-order valence-electron chi connectivity index (χ4n) is 2.50. The Kier molecular flexibility index (Phi) is 4.78. The van der Waals surface area contributed by atoms with Gasteiger partial charge in [-0.25, -0.2) is 5.01 Å². The van der Waals surface area contributed by atoms with Crippen LogP contribution in [0.3, 0.4) is 0 Å². The molecule has 0 aromatic heterocycles. The van der Waals surface area contributed by atoms with E-state index in [0.29, 0.717) is 13.0 Å². The molecule has 0 saturated carbocycles. The molecule has 0 aliphatic carbocycles. The third-order valence-electron chi connectivity index (χ3n) is 3.67. The van der Waals surface area contributed by atoms with Gasteiger partial charge in [-0.15, -0.1) is 5.54 Å². The number of rotatable bonds is 2. The molecule has 0 N–H and O–H groups in total. The smallest absolute Gasteiger partial charge is 0.273 e. The number of hydrogen-bond acceptors (Lipinski definition) is 3. The Morgan fingerprint density at radius 3 is 2.39 bits per heavy atom. The van der Waals surface area contributed by atoms with E-state index >= 15 is 0 Å². The van der Waals surface area contributed by atoms with Gasteiger partial charge in [0.05, 0.1) is 0 Å². The Bertz CT molecular complexity index is 666. The molecule has 5 heteroatoms. The van der Waals surface area contributed by atoms with Gasteiger partial charge in [0, 0.05) is 18.5 Å². The fraction of sp³-hybridized carbons (Fsp3) is 0.444. The van der Waals surface area contributed by atoms with E-state index in [1.807, 2.05) is 49.2 Å². The second-order valence-corrected chi connectivity index (χ2v) is 12.3. The number of carbonyl (C=O) groups excluding carboxylic acids is 2. The molecule has 0 bridgehead atoms. The van der Waals surface area contributed by atoms with E-state index in [1.54, 1.807) is 0 Å². The minimum Gasteiger partial charge on any atom is -0.273 e. The standard InChI is InChI=1S/C18H24N2O2Si/c1-18(2)13-17(22)20(16(21)11-12-23(3,4)5)19(18)14-15-9-7-6-8-10-15/h6-10H,13-14H2,1-5H3. The van der Waals surface area contributed by atoms with Gasteiger partial charge in [-0.1, -0.05) is 50.0 Å². The van der Waals surface area contributed by atoms with Crippen LogP contribution in [0.25, 0.3) is 0 Å². The first-order chi connectivity index (χ1) is 10.6. The van der Waals surface area contributed by atoms with Crippen LogP contribution in [0.15, 0.2) is 30.3 Å². The minimum absolute atomic E-state index is 0.180. The van der Waals surface area contributed by atoms with Crippen LogP contribution in [0.1, 0.15) is 25.8 Å². The van der Waals surface area contributed by atoms with Gasteiger partial charge >= 0.3 is 5.91 Å². The van der Waals surface area contributed by atoms with Crippen molar-refractivity contribution in [1.82, 2.24) is 10.0 Å². The summed E-state index contributed by atoms with van der Waals surface area (Å²) in [5.41, 5.74) is 3.71. The average Bonchev–Trinajstić information content (AvgIpc) is 2.66. The quantitative estimate of drug-likeness (QED) is 0.619. The summed E-state index contributed by atoms with van der Waals surface area (Å²) >= 11 is 0. The van der Waals surface area contributed by atoms with Crippen LogP contribution in [0.2, 0.25) is 19.6 Å². The van der Waals surface area contributed by atoms with Crippen LogP contribution in [0.4, 0.5) is 0 Å².